The van der Waals surface area contributed by atoms with Crippen molar-refractivity contribution >= 4 is 5.91 Å². The van der Waals surface area contributed by atoms with Crippen LogP contribution in [0.4, 0.5) is 0 Å². The Kier molecular flexibility index (Phi) is 4.11. The molecule has 0 radical (unpaired) electrons. The van der Waals surface area contributed by atoms with E-state index in [1.54, 1.807) is 12.4 Å². The number of rotatable bonds is 4. The minimum atomic E-state index is -0.0240. The van der Waals surface area contributed by atoms with Gasteiger partial charge in [-0.15, -0.1) is 0 Å². The Morgan fingerprint density at radius 2 is 2.36 bits per heavy atom. The van der Waals surface area contributed by atoms with Gasteiger partial charge in [0.2, 0.25) is 0 Å². The predicted molar refractivity (Wildman–Crippen MR) is 56.2 cm³/mol. The maximum absolute atomic E-state index is 11.6. The second kappa shape index (κ2) is 5.37. The first kappa shape index (κ1) is 10.7. The third kappa shape index (κ3) is 2.83. The van der Waals surface area contributed by atoms with Crippen molar-refractivity contribution in [2.45, 2.75) is 26.7 Å². The lowest BCUT2D eigenvalue weighted by Crippen LogP contribution is -2.25. The number of carbonyl (C=O) groups excluding carboxylic acids is 1. The molecule has 0 saturated carbocycles. The molecule has 0 aliphatic rings. The molecule has 0 aliphatic carbocycles. The largest absolute Gasteiger partial charge is 0.352 e. The standard InChI is InChI=1S/C11H16N2O/c1-3-4-6-13-11(14)10-8-12-7-5-9(10)2/h5,7-8H,3-4,6H2,1-2H3,(H,13,14). The molecule has 0 saturated heterocycles. The highest BCUT2D eigenvalue weighted by Gasteiger charge is 2.06. The van der Waals surface area contributed by atoms with Gasteiger partial charge in [0.25, 0.3) is 5.91 Å². The third-order valence-electron chi connectivity index (χ3n) is 2.10. The Morgan fingerprint density at radius 3 is 3.00 bits per heavy atom. The maximum Gasteiger partial charge on any atom is 0.253 e. The van der Waals surface area contributed by atoms with E-state index < -0.39 is 0 Å². The van der Waals surface area contributed by atoms with Crippen LogP contribution in [0.1, 0.15) is 35.7 Å². The summed E-state index contributed by atoms with van der Waals surface area (Å²) in [6.07, 6.45) is 5.41. The van der Waals surface area contributed by atoms with Gasteiger partial charge in [0.05, 0.1) is 5.56 Å². The van der Waals surface area contributed by atoms with E-state index in [-0.39, 0.29) is 5.91 Å². The minimum absolute atomic E-state index is 0.0240. The zero-order valence-corrected chi connectivity index (χ0v) is 8.71. The van der Waals surface area contributed by atoms with Crippen LogP contribution in [0.15, 0.2) is 18.5 Å². The van der Waals surface area contributed by atoms with E-state index >= 15 is 0 Å². The van der Waals surface area contributed by atoms with E-state index in [1.807, 2.05) is 13.0 Å². The zero-order chi connectivity index (χ0) is 10.4. The number of carbonyl (C=O) groups is 1. The monoisotopic (exact) mass is 192 g/mol. The molecule has 1 rings (SSSR count). The molecule has 0 fully saturated rings. The summed E-state index contributed by atoms with van der Waals surface area (Å²) in [6.45, 7) is 4.75. The van der Waals surface area contributed by atoms with Gasteiger partial charge in [-0.3, -0.25) is 9.78 Å². The van der Waals surface area contributed by atoms with E-state index in [9.17, 15) is 4.79 Å². The molecule has 0 unspecified atom stereocenters. The van der Waals surface area contributed by atoms with Crippen LogP contribution in [0, 0.1) is 6.92 Å². The molecule has 76 valence electrons. The van der Waals surface area contributed by atoms with Gasteiger partial charge >= 0.3 is 0 Å². The second-order valence-corrected chi connectivity index (χ2v) is 3.30. The number of hydrogen-bond acceptors (Lipinski definition) is 2. The number of pyridine rings is 1. The minimum Gasteiger partial charge on any atom is -0.352 e. The smallest absolute Gasteiger partial charge is 0.253 e. The van der Waals surface area contributed by atoms with E-state index in [0.717, 1.165) is 24.9 Å². The molecule has 1 aromatic rings. The molecule has 1 heterocycles. The van der Waals surface area contributed by atoms with Crippen molar-refractivity contribution in [1.29, 1.82) is 0 Å². The zero-order valence-electron chi connectivity index (χ0n) is 8.71. The van der Waals surface area contributed by atoms with E-state index in [2.05, 4.69) is 17.2 Å². The van der Waals surface area contributed by atoms with Gasteiger partial charge in [0, 0.05) is 18.9 Å². The second-order valence-electron chi connectivity index (χ2n) is 3.30. The SMILES string of the molecule is CCCCNC(=O)c1cnccc1C. The van der Waals surface area contributed by atoms with Crippen molar-refractivity contribution in [3.63, 3.8) is 0 Å². The van der Waals surface area contributed by atoms with Crippen molar-refractivity contribution in [3.8, 4) is 0 Å². The summed E-state index contributed by atoms with van der Waals surface area (Å²) in [4.78, 5) is 15.5. The first-order valence-corrected chi connectivity index (χ1v) is 4.94. The fourth-order valence-corrected chi connectivity index (χ4v) is 1.18. The van der Waals surface area contributed by atoms with Crippen molar-refractivity contribution in [3.05, 3.63) is 29.6 Å². The molecule has 0 aliphatic heterocycles. The molecule has 0 atom stereocenters. The average molecular weight is 192 g/mol. The molecule has 1 N–H and O–H groups in total. The van der Waals surface area contributed by atoms with Crippen molar-refractivity contribution in [2.24, 2.45) is 0 Å². The number of nitrogens with one attached hydrogen (secondary N) is 1. The first-order chi connectivity index (χ1) is 6.75. The molecule has 0 bridgehead atoms. The highest BCUT2D eigenvalue weighted by molar-refractivity contribution is 5.95. The number of nitrogens with zero attached hydrogens (tertiary/aromatic N) is 1. The quantitative estimate of drug-likeness (QED) is 0.740. The lowest BCUT2D eigenvalue weighted by Gasteiger charge is -2.05. The fourth-order valence-electron chi connectivity index (χ4n) is 1.18. The number of unbranched alkanes of at least 4 members (excludes halogenated alkanes) is 1. The Morgan fingerprint density at radius 1 is 1.57 bits per heavy atom. The van der Waals surface area contributed by atoms with Crippen LogP contribution in [0.5, 0.6) is 0 Å². The van der Waals surface area contributed by atoms with Gasteiger partial charge in [-0.05, 0) is 25.0 Å². The summed E-state index contributed by atoms with van der Waals surface area (Å²) >= 11 is 0. The normalized spacial score (nSPS) is 9.86. The average Bonchev–Trinajstić information content (AvgIpc) is 2.18. The van der Waals surface area contributed by atoms with E-state index in [1.165, 1.54) is 0 Å². The molecule has 1 aromatic heterocycles. The Balaban J connectivity index is 2.56. The van der Waals surface area contributed by atoms with Crippen LogP contribution in [0.3, 0.4) is 0 Å². The number of aromatic nitrogens is 1. The number of hydrogen-bond donors (Lipinski definition) is 1. The van der Waals surface area contributed by atoms with E-state index in [4.69, 9.17) is 0 Å². The topological polar surface area (TPSA) is 42.0 Å². The third-order valence-corrected chi connectivity index (χ3v) is 2.10. The Labute approximate surface area is 84.6 Å². The number of aryl methyl sites for hydroxylation is 1. The van der Waals surface area contributed by atoms with Crippen molar-refractivity contribution in [2.75, 3.05) is 6.54 Å². The van der Waals surface area contributed by atoms with Gasteiger partial charge in [-0.1, -0.05) is 13.3 Å². The lowest BCUT2D eigenvalue weighted by molar-refractivity contribution is 0.0952. The molecule has 3 nitrogen and oxygen atoms in total. The number of amides is 1. The molecular formula is C11H16N2O. The van der Waals surface area contributed by atoms with Crippen LogP contribution in [0.2, 0.25) is 0 Å². The first-order valence-electron chi connectivity index (χ1n) is 4.94. The Hall–Kier alpha value is -1.38. The van der Waals surface area contributed by atoms with E-state index in [0.29, 0.717) is 5.56 Å². The molecule has 3 heteroatoms. The van der Waals surface area contributed by atoms with Gasteiger partial charge in [0.15, 0.2) is 0 Å². The summed E-state index contributed by atoms with van der Waals surface area (Å²) in [7, 11) is 0. The molecule has 0 aromatic carbocycles. The summed E-state index contributed by atoms with van der Waals surface area (Å²) in [5, 5.41) is 2.86. The van der Waals surface area contributed by atoms with Gasteiger partial charge in [-0.2, -0.15) is 0 Å². The summed E-state index contributed by atoms with van der Waals surface area (Å²) in [5.41, 5.74) is 1.64. The van der Waals surface area contributed by atoms with Gasteiger partial charge in [-0.25, -0.2) is 0 Å². The van der Waals surface area contributed by atoms with Crippen LogP contribution in [-0.4, -0.2) is 17.4 Å². The van der Waals surface area contributed by atoms with Crippen LogP contribution in [-0.2, 0) is 0 Å². The predicted octanol–water partition coefficient (Wildman–Crippen LogP) is 1.92. The molecule has 0 spiro atoms. The Bertz CT molecular complexity index is 310. The molecule has 14 heavy (non-hydrogen) atoms. The summed E-state index contributed by atoms with van der Waals surface area (Å²) < 4.78 is 0. The van der Waals surface area contributed by atoms with Gasteiger partial charge in [0.1, 0.15) is 0 Å². The molecule has 1 amide bonds. The highest BCUT2D eigenvalue weighted by atomic mass is 16.1. The van der Waals surface area contributed by atoms with Crippen molar-refractivity contribution in [1.82, 2.24) is 10.3 Å². The van der Waals surface area contributed by atoms with Gasteiger partial charge < -0.3 is 5.32 Å². The van der Waals surface area contributed by atoms with Crippen LogP contribution >= 0.6 is 0 Å². The highest BCUT2D eigenvalue weighted by Crippen LogP contribution is 2.04. The summed E-state index contributed by atoms with van der Waals surface area (Å²) in [6, 6.07) is 1.84. The maximum atomic E-state index is 11.6. The fraction of sp³-hybridized carbons (Fsp3) is 0.455. The van der Waals surface area contributed by atoms with Crippen LogP contribution in [0.25, 0.3) is 0 Å². The molecular weight excluding hydrogens is 176 g/mol. The van der Waals surface area contributed by atoms with Crippen LogP contribution < -0.4 is 5.32 Å². The summed E-state index contributed by atoms with van der Waals surface area (Å²) in [5.74, 6) is -0.0240. The lowest BCUT2D eigenvalue weighted by atomic mass is 10.1. The van der Waals surface area contributed by atoms with Crippen molar-refractivity contribution < 1.29 is 4.79 Å².